The van der Waals surface area contributed by atoms with Crippen molar-refractivity contribution in [1.82, 2.24) is 20.3 Å². The molecule has 1 amide bonds. The first-order valence-electron chi connectivity index (χ1n) is 8.17. The number of hydrogen-bond donors (Lipinski definition) is 2. The first-order valence-corrected chi connectivity index (χ1v) is 8.54. The maximum Gasteiger partial charge on any atom is 0.251 e. The molecule has 3 rings (SSSR count). The van der Waals surface area contributed by atoms with E-state index in [4.69, 9.17) is 16.3 Å². The van der Waals surface area contributed by atoms with Gasteiger partial charge in [-0.05, 0) is 31.5 Å². The van der Waals surface area contributed by atoms with Crippen LogP contribution in [-0.4, -0.2) is 34.0 Å². The van der Waals surface area contributed by atoms with Crippen molar-refractivity contribution >= 4 is 28.4 Å². The van der Waals surface area contributed by atoms with Gasteiger partial charge in [-0.3, -0.25) is 4.79 Å². The maximum atomic E-state index is 12.3. The number of ether oxygens (including phenoxy) is 1. The Balaban J connectivity index is 1.67. The average molecular weight is 359 g/mol. The number of H-pyrrole nitrogens is 1. The molecule has 0 aliphatic carbocycles. The fourth-order valence-electron chi connectivity index (χ4n) is 2.58. The lowest BCUT2D eigenvalue weighted by atomic mass is 10.1. The molecule has 0 bridgehead atoms. The van der Waals surface area contributed by atoms with Crippen LogP contribution in [-0.2, 0) is 6.42 Å². The number of carbonyl (C=O) groups is 1. The molecule has 2 heterocycles. The number of carbonyl (C=O) groups excluding carboxylic acids is 1. The summed E-state index contributed by atoms with van der Waals surface area (Å²) in [7, 11) is 0. The molecule has 0 unspecified atom stereocenters. The Bertz CT molecular complexity index is 865. The highest BCUT2D eigenvalue weighted by Crippen LogP contribution is 2.28. The second-order valence-corrected chi connectivity index (χ2v) is 5.89. The quantitative estimate of drug-likeness (QED) is 0.501. The summed E-state index contributed by atoms with van der Waals surface area (Å²) < 4.78 is 5.58. The molecule has 0 atom stereocenters. The Morgan fingerprint density at radius 3 is 3.00 bits per heavy atom. The van der Waals surface area contributed by atoms with Crippen LogP contribution in [0, 0.1) is 0 Å². The van der Waals surface area contributed by atoms with E-state index in [9.17, 15) is 4.79 Å². The first kappa shape index (κ1) is 17.2. The van der Waals surface area contributed by atoms with Crippen molar-refractivity contribution in [3.05, 3.63) is 53.2 Å². The average Bonchev–Trinajstić information content (AvgIpc) is 3.11. The molecule has 0 aliphatic heterocycles. The van der Waals surface area contributed by atoms with Gasteiger partial charge in [-0.15, -0.1) is 0 Å². The molecule has 0 radical (unpaired) electrons. The third-order valence-electron chi connectivity index (χ3n) is 3.73. The van der Waals surface area contributed by atoms with E-state index < -0.39 is 0 Å². The molecule has 25 heavy (non-hydrogen) atoms. The van der Waals surface area contributed by atoms with Crippen molar-refractivity contribution in [2.75, 3.05) is 13.2 Å². The Morgan fingerprint density at radius 1 is 1.36 bits per heavy atom. The van der Waals surface area contributed by atoms with Gasteiger partial charge in [0.15, 0.2) is 0 Å². The topological polar surface area (TPSA) is 79.9 Å². The summed E-state index contributed by atoms with van der Waals surface area (Å²) in [6, 6.07) is 7.01. The van der Waals surface area contributed by atoms with Gasteiger partial charge in [-0.2, -0.15) is 0 Å². The number of amides is 1. The van der Waals surface area contributed by atoms with Crippen molar-refractivity contribution in [3.8, 4) is 5.75 Å². The molecule has 6 nitrogen and oxygen atoms in total. The molecule has 0 saturated carbocycles. The number of halogens is 1. The van der Waals surface area contributed by atoms with Crippen molar-refractivity contribution in [2.45, 2.75) is 19.8 Å². The fraction of sp³-hybridized carbons (Fsp3) is 0.278. The predicted octanol–water partition coefficient (Wildman–Crippen LogP) is 3.37. The number of fused-ring (bicyclic) bond motifs is 1. The number of rotatable bonds is 7. The summed E-state index contributed by atoms with van der Waals surface area (Å²) in [5.41, 5.74) is 1.18. The first-order chi connectivity index (χ1) is 12.2. The largest absolute Gasteiger partial charge is 0.493 e. The molecule has 2 N–H and O–H groups in total. The lowest BCUT2D eigenvalue weighted by molar-refractivity contribution is 0.0953. The molecule has 0 saturated heterocycles. The number of pyridine rings is 1. The van der Waals surface area contributed by atoms with Crippen LogP contribution in [0.5, 0.6) is 5.75 Å². The molecule has 2 aromatic heterocycles. The van der Waals surface area contributed by atoms with Gasteiger partial charge in [-0.1, -0.05) is 11.6 Å². The summed E-state index contributed by atoms with van der Waals surface area (Å²) in [5, 5.41) is 4.08. The van der Waals surface area contributed by atoms with Crippen LogP contribution < -0.4 is 10.1 Å². The van der Waals surface area contributed by atoms with Crippen LogP contribution in [0.2, 0.25) is 5.15 Å². The summed E-state index contributed by atoms with van der Waals surface area (Å²) in [6.45, 7) is 3.02. The number of aromatic amines is 1. The van der Waals surface area contributed by atoms with Gasteiger partial charge in [0.25, 0.3) is 5.91 Å². The molecular formula is C18H19ClN4O2. The Kier molecular flexibility index (Phi) is 5.50. The maximum absolute atomic E-state index is 12.3. The zero-order chi connectivity index (χ0) is 17.6. The van der Waals surface area contributed by atoms with Gasteiger partial charge in [-0.25, -0.2) is 9.97 Å². The van der Waals surface area contributed by atoms with E-state index >= 15 is 0 Å². The highest BCUT2D eigenvalue weighted by atomic mass is 35.5. The van der Waals surface area contributed by atoms with Gasteiger partial charge < -0.3 is 15.0 Å². The second kappa shape index (κ2) is 7.98. The SMILES string of the molecule is CCOc1cc(Cl)nc2cc(C(=O)NCCCc3ncc[nH]3)ccc12. The monoisotopic (exact) mass is 358 g/mol. The third kappa shape index (κ3) is 4.28. The van der Waals surface area contributed by atoms with Gasteiger partial charge >= 0.3 is 0 Å². The van der Waals surface area contributed by atoms with Crippen molar-refractivity contribution in [2.24, 2.45) is 0 Å². The Hall–Kier alpha value is -2.60. The Morgan fingerprint density at radius 2 is 2.24 bits per heavy atom. The van der Waals surface area contributed by atoms with E-state index in [1.54, 1.807) is 30.6 Å². The smallest absolute Gasteiger partial charge is 0.251 e. The second-order valence-electron chi connectivity index (χ2n) is 5.50. The number of imidazole rings is 1. The highest BCUT2D eigenvalue weighted by Gasteiger charge is 2.10. The van der Waals surface area contributed by atoms with E-state index in [-0.39, 0.29) is 5.91 Å². The number of aromatic nitrogens is 3. The lowest BCUT2D eigenvalue weighted by Crippen LogP contribution is -2.24. The van der Waals surface area contributed by atoms with Gasteiger partial charge in [0, 0.05) is 42.4 Å². The third-order valence-corrected chi connectivity index (χ3v) is 3.93. The fourth-order valence-corrected chi connectivity index (χ4v) is 2.77. The van der Waals surface area contributed by atoms with Crippen molar-refractivity contribution in [1.29, 1.82) is 0 Å². The number of nitrogens with one attached hydrogen (secondary N) is 2. The van der Waals surface area contributed by atoms with E-state index in [0.29, 0.717) is 35.1 Å². The molecule has 0 fully saturated rings. The van der Waals surface area contributed by atoms with Crippen molar-refractivity contribution in [3.63, 3.8) is 0 Å². The standard InChI is InChI=1S/C18H19ClN4O2/c1-2-25-15-11-16(19)23-14-10-12(5-6-13(14)15)18(24)22-7-3-4-17-20-8-9-21-17/h5-6,8-11H,2-4,7H2,1H3,(H,20,21)(H,22,24). The van der Waals surface area contributed by atoms with E-state index in [1.165, 1.54) is 0 Å². The van der Waals surface area contributed by atoms with Crippen LogP contribution in [0.4, 0.5) is 0 Å². The van der Waals surface area contributed by atoms with Crippen LogP contribution in [0.15, 0.2) is 36.7 Å². The number of hydrogen-bond acceptors (Lipinski definition) is 4. The van der Waals surface area contributed by atoms with Gasteiger partial charge in [0.2, 0.25) is 0 Å². The summed E-state index contributed by atoms with van der Waals surface area (Å²) in [6.07, 6.45) is 5.11. The van der Waals surface area contributed by atoms with E-state index in [1.807, 2.05) is 13.0 Å². The summed E-state index contributed by atoms with van der Waals surface area (Å²) >= 11 is 6.04. The zero-order valence-electron chi connectivity index (χ0n) is 13.9. The van der Waals surface area contributed by atoms with Gasteiger partial charge in [0.1, 0.15) is 16.7 Å². The predicted molar refractivity (Wildman–Crippen MR) is 97.2 cm³/mol. The van der Waals surface area contributed by atoms with Crippen molar-refractivity contribution < 1.29 is 9.53 Å². The van der Waals surface area contributed by atoms with Crippen LogP contribution in [0.1, 0.15) is 29.5 Å². The van der Waals surface area contributed by atoms with E-state index in [2.05, 4.69) is 20.3 Å². The number of benzene rings is 1. The molecule has 0 aliphatic rings. The lowest BCUT2D eigenvalue weighted by Gasteiger charge is -2.09. The molecule has 3 aromatic rings. The highest BCUT2D eigenvalue weighted by molar-refractivity contribution is 6.30. The molecule has 1 aromatic carbocycles. The van der Waals surface area contributed by atoms with Crippen LogP contribution in [0.3, 0.4) is 0 Å². The number of nitrogens with zero attached hydrogens (tertiary/aromatic N) is 2. The van der Waals surface area contributed by atoms with Crippen LogP contribution >= 0.6 is 11.6 Å². The minimum atomic E-state index is -0.138. The summed E-state index contributed by atoms with van der Waals surface area (Å²) in [4.78, 5) is 23.8. The molecular weight excluding hydrogens is 340 g/mol. The van der Waals surface area contributed by atoms with Gasteiger partial charge in [0.05, 0.1) is 12.1 Å². The summed E-state index contributed by atoms with van der Waals surface area (Å²) in [5.74, 6) is 1.45. The molecule has 130 valence electrons. The minimum absolute atomic E-state index is 0.138. The number of aryl methyl sites for hydroxylation is 1. The zero-order valence-corrected chi connectivity index (χ0v) is 14.6. The van der Waals surface area contributed by atoms with E-state index in [0.717, 1.165) is 24.1 Å². The molecule has 0 spiro atoms. The molecule has 7 heteroatoms. The normalized spacial score (nSPS) is 10.8. The Labute approximate surface area is 150 Å². The van der Waals surface area contributed by atoms with Crippen LogP contribution in [0.25, 0.3) is 10.9 Å². The minimum Gasteiger partial charge on any atom is -0.493 e.